The summed E-state index contributed by atoms with van der Waals surface area (Å²) < 4.78 is 3.81. The summed E-state index contributed by atoms with van der Waals surface area (Å²) in [5.41, 5.74) is 18.1. The Morgan fingerprint density at radius 1 is 0.321 bits per heavy atom. The first-order valence-electron chi connectivity index (χ1n) is 29.4. The topological polar surface area (TPSA) is 0 Å². The number of aryl methyl sites for hydroxylation is 3. The van der Waals surface area contributed by atoms with Crippen molar-refractivity contribution in [3.8, 4) is 0 Å². The Morgan fingerprint density at radius 2 is 0.655 bits per heavy atom. The predicted molar refractivity (Wildman–Crippen MR) is 388 cm³/mol. The quantitative estimate of drug-likeness (QED) is 0.0364. The lowest BCUT2D eigenvalue weighted by Gasteiger charge is -2.31. The van der Waals surface area contributed by atoms with Crippen molar-refractivity contribution in [3.05, 3.63) is 321 Å². The van der Waals surface area contributed by atoms with Crippen LogP contribution in [0.2, 0.25) is 0 Å². The first-order chi connectivity index (χ1) is 41.0. The number of rotatable bonds is 27. The Bertz CT molecular complexity index is 3480. The second kappa shape index (κ2) is 33.0. The molecule has 0 amide bonds. The van der Waals surface area contributed by atoms with Gasteiger partial charge in [-0.1, -0.05) is 312 Å². The van der Waals surface area contributed by atoms with Crippen LogP contribution in [-0.2, 0) is 30.8 Å². The molecule has 0 aliphatic rings. The zero-order chi connectivity index (χ0) is 58.5. The lowest BCUT2D eigenvalue weighted by atomic mass is 9.73. The van der Waals surface area contributed by atoms with Gasteiger partial charge < -0.3 is 0 Å². The minimum absolute atomic E-state index is 0.248. The minimum atomic E-state index is 0.248. The van der Waals surface area contributed by atoms with Gasteiger partial charge in [0.25, 0.3) is 0 Å². The molecule has 0 aromatic heterocycles. The number of hydrogen-bond donors (Lipinski definition) is 0. The van der Waals surface area contributed by atoms with Crippen LogP contribution in [0, 0.1) is 0 Å². The maximum atomic E-state index is 6.02. The summed E-state index contributed by atoms with van der Waals surface area (Å²) in [5.74, 6) is 5.27. The van der Waals surface area contributed by atoms with E-state index < -0.39 is 0 Å². The molecular weight excluding hydrogens is 1170 g/mol. The first-order valence-corrected chi connectivity index (χ1v) is 34.9. The van der Waals surface area contributed by atoms with Crippen molar-refractivity contribution in [1.82, 2.24) is 0 Å². The Balaban J connectivity index is 0.840. The molecule has 0 saturated carbocycles. The summed E-state index contributed by atoms with van der Waals surface area (Å²) in [6.07, 6.45) is 6.38. The van der Waals surface area contributed by atoms with E-state index in [2.05, 4.69) is 245 Å². The lowest BCUT2D eigenvalue weighted by molar-refractivity contribution is 0.497. The standard InChI is InChI=1S/C76H74S8/c1-54(62-39-28-57(29-40-62)17-16-50-81-73(77)67-18-8-4-9-19-67)26-27-58-32-45-65(46-33-58)71(53-84-76(80)70-24-14-7-15-25-70)49-34-59-30-41-63(42-31-59)55(2)72(66-47-37-61(38-48-66)52-83-75(79)69-22-12-6-13-23-69)56(3)64-43-35-60(36-44-64)51-82-74(78)68-20-10-5-11-21-68/h4-15,18-25,28-33,35-48,54-56,71-72H,16-17,26-27,34,49-53H2,1-3H3. The largest absolute Gasteiger partial charge is 0.114 e. The van der Waals surface area contributed by atoms with Gasteiger partial charge in [0.05, 0.1) is 16.8 Å². The van der Waals surface area contributed by atoms with Crippen molar-refractivity contribution in [2.45, 2.75) is 100 Å². The van der Waals surface area contributed by atoms with Gasteiger partial charge in [-0.05, 0) is 152 Å². The zero-order valence-electron chi connectivity index (χ0n) is 48.3. The Hall–Kier alpha value is -5.26. The predicted octanol–water partition coefficient (Wildman–Crippen LogP) is 22.2. The monoisotopic (exact) mass is 1240 g/mol. The van der Waals surface area contributed by atoms with Gasteiger partial charge in [-0.2, -0.15) is 0 Å². The van der Waals surface area contributed by atoms with Gasteiger partial charge in [-0.15, -0.1) is 47.0 Å². The van der Waals surface area contributed by atoms with Crippen LogP contribution in [0.25, 0.3) is 0 Å². The molecule has 9 aromatic rings. The van der Waals surface area contributed by atoms with Gasteiger partial charge in [-0.25, -0.2) is 0 Å². The average molecular weight is 1240 g/mol. The SMILES string of the molecule is CC(CCc1ccc(C(CCc2ccc(C(C)C(c3ccc(CSC(=S)c4ccccc4)cc3)C(C)c3ccc(CSC(=S)c4ccccc4)cc3)cc2)CSC(=S)c2ccccc2)cc1)c1ccc(CCCSC(=S)c2ccccc2)cc1. The number of thioether (sulfide) groups is 4. The van der Waals surface area contributed by atoms with Crippen LogP contribution in [0.15, 0.2) is 243 Å². The normalized spacial score (nSPS) is 13.1. The average Bonchev–Trinajstić information content (AvgIpc) is 3.75. The Kier molecular flexibility index (Phi) is 24.9. The highest BCUT2D eigenvalue weighted by molar-refractivity contribution is 8.24. The van der Waals surface area contributed by atoms with Crippen molar-refractivity contribution < 1.29 is 0 Å². The summed E-state index contributed by atoms with van der Waals surface area (Å²) in [7, 11) is 0. The molecule has 0 heterocycles. The molecule has 0 saturated heterocycles. The van der Waals surface area contributed by atoms with E-state index in [-0.39, 0.29) is 17.8 Å². The highest BCUT2D eigenvalue weighted by atomic mass is 32.2. The van der Waals surface area contributed by atoms with Gasteiger partial charge in [0.2, 0.25) is 0 Å². The van der Waals surface area contributed by atoms with Crippen LogP contribution in [0.1, 0.15) is 148 Å². The maximum absolute atomic E-state index is 6.02. The van der Waals surface area contributed by atoms with Crippen LogP contribution in [0.5, 0.6) is 0 Å². The fourth-order valence-electron chi connectivity index (χ4n) is 10.9. The second-order valence-corrected chi connectivity index (χ2v) is 28.7. The molecule has 9 aromatic carbocycles. The smallest absolute Gasteiger partial charge is 0.0781 e. The van der Waals surface area contributed by atoms with Crippen LogP contribution in [-0.4, -0.2) is 28.3 Å². The summed E-state index contributed by atoms with van der Waals surface area (Å²) in [4.78, 5) is 0. The van der Waals surface area contributed by atoms with Crippen LogP contribution < -0.4 is 0 Å². The summed E-state index contributed by atoms with van der Waals surface area (Å²) in [6, 6.07) is 88.6. The number of thiocarbonyl (C=S) groups is 4. The molecule has 0 radical (unpaired) electrons. The van der Waals surface area contributed by atoms with E-state index in [4.69, 9.17) is 48.9 Å². The molecule has 426 valence electrons. The zero-order valence-corrected chi connectivity index (χ0v) is 54.8. The molecule has 0 bridgehead atoms. The van der Waals surface area contributed by atoms with E-state index in [0.717, 1.165) is 101 Å². The molecule has 5 atom stereocenters. The Labute approximate surface area is 540 Å². The first kappa shape index (κ1) is 63.2. The van der Waals surface area contributed by atoms with E-state index in [1.54, 1.807) is 35.3 Å². The van der Waals surface area contributed by atoms with E-state index in [1.807, 2.05) is 30.0 Å². The van der Waals surface area contributed by atoms with E-state index >= 15 is 0 Å². The van der Waals surface area contributed by atoms with Crippen molar-refractivity contribution in [2.75, 3.05) is 11.5 Å². The molecule has 9 rings (SSSR count). The van der Waals surface area contributed by atoms with Crippen LogP contribution in [0.3, 0.4) is 0 Å². The minimum Gasteiger partial charge on any atom is -0.114 e. The summed E-state index contributed by atoms with van der Waals surface area (Å²) >= 11 is 30.4. The molecule has 8 heteroatoms. The molecule has 5 unspecified atom stereocenters. The summed E-state index contributed by atoms with van der Waals surface area (Å²) in [6.45, 7) is 7.20. The lowest BCUT2D eigenvalue weighted by Crippen LogP contribution is -2.16. The van der Waals surface area contributed by atoms with Crippen molar-refractivity contribution >= 4 is 113 Å². The molecule has 0 nitrogen and oxygen atoms in total. The molecule has 0 N–H and O–H groups in total. The van der Waals surface area contributed by atoms with Gasteiger partial charge in [0.15, 0.2) is 0 Å². The van der Waals surface area contributed by atoms with Crippen LogP contribution >= 0.6 is 95.9 Å². The molecule has 0 aliphatic carbocycles. The van der Waals surface area contributed by atoms with E-state index in [9.17, 15) is 0 Å². The van der Waals surface area contributed by atoms with Gasteiger partial charge in [-0.3, -0.25) is 0 Å². The van der Waals surface area contributed by atoms with E-state index in [0.29, 0.717) is 11.8 Å². The fourth-order valence-corrected chi connectivity index (χ4v) is 15.6. The molecule has 0 spiro atoms. The highest BCUT2D eigenvalue weighted by Gasteiger charge is 2.28. The van der Waals surface area contributed by atoms with Crippen LogP contribution in [0.4, 0.5) is 0 Å². The van der Waals surface area contributed by atoms with Crippen molar-refractivity contribution in [2.24, 2.45) is 0 Å². The number of hydrogen-bond acceptors (Lipinski definition) is 8. The number of benzene rings is 9. The third-order valence-electron chi connectivity index (χ3n) is 16.1. The van der Waals surface area contributed by atoms with Gasteiger partial charge in [0, 0.05) is 17.3 Å². The molecular formula is C76H74S8. The maximum Gasteiger partial charge on any atom is 0.0781 e. The van der Waals surface area contributed by atoms with E-state index in [1.165, 1.54) is 55.6 Å². The van der Waals surface area contributed by atoms with Crippen molar-refractivity contribution in [1.29, 1.82) is 0 Å². The summed E-state index contributed by atoms with van der Waals surface area (Å²) in [5, 5.41) is 0. The van der Waals surface area contributed by atoms with Gasteiger partial charge in [0.1, 0.15) is 0 Å². The molecule has 84 heavy (non-hydrogen) atoms. The highest BCUT2D eigenvalue weighted by Crippen LogP contribution is 2.44. The van der Waals surface area contributed by atoms with Gasteiger partial charge >= 0.3 is 0 Å². The third-order valence-corrected chi connectivity index (χ3v) is 22.5. The van der Waals surface area contributed by atoms with Crippen molar-refractivity contribution in [3.63, 3.8) is 0 Å². The third kappa shape index (κ3) is 18.9. The molecule has 0 aliphatic heterocycles. The second-order valence-electron chi connectivity index (χ2n) is 21.9. The fraction of sp³-hybridized carbons (Fsp3) is 0.237. The molecule has 0 fully saturated rings. The Morgan fingerprint density at radius 3 is 1.08 bits per heavy atom.